The molecular formula is C49H46Cl2N10O5S. The Morgan fingerprint density at radius 2 is 0.866 bits per heavy atom. The number of anilines is 4. The number of nitrogens with zero attached hydrogens (tertiary/aromatic N) is 4. The van der Waals surface area contributed by atoms with Crippen molar-refractivity contribution in [1.82, 2.24) is 19.8 Å². The van der Waals surface area contributed by atoms with E-state index in [1.165, 1.54) is 18.8 Å². The molecule has 2 saturated heterocycles. The number of hydrogen-bond acceptors (Lipinski definition) is 9. The minimum absolute atomic E-state index is 0.286. The molecule has 4 amide bonds. The number of amides is 4. The van der Waals surface area contributed by atoms with Crippen molar-refractivity contribution < 1.29 is 23.4 Å². The molecule has 6 N–H and O–H groups in total. The Labute approximate surface area is 399 Å². The van der Waals surface area contributed by atoms with Crippen molar-refractivity contribution in [3.63, 3.8) is 0 Å². The summed E-state index contributed by atoms with van der Waals surface area (Å²) in [5.74, 6) is 1.12. The Kier molecular flexibility index (Phi) is 16.2. The summed E-state index contributed by atoms with van der Waals surface area (Å²) in [4.78, 5) is 63.2. The van der Waals surface area contributed by atoms with Crippen LogP contribution in [0, 0.1) is 10.8 Å². The summed E-state index contributed by atoms with van der Waals surface area (Å²) in [5, 5.41) is 28.7. The van der Waals surface area contributed by atoms with Crippen LogP contribution >= 0.6 is 23.2 Å². The second kappa shape index (κ2) is 22.8. The Morgan fingerprint density at radius 1 is 0.478 bits per heavy atom. The number of nitrogens with one attached hydrogen (secondary N) is 6. The van der Waals surface area contributed by atoms with Crippen molar-refractivity contribution in [2.45, 2.75) is 19.3 Å². The summed E-state index contributed by atoms with van der Waals surface area (Å²) in [7, 11) is -0.810. The number of rotatable bonds is 10. The fraction of sp³-hybridized carbons (Fsp3) is 0.184. The summed E-state index contributed by atoms with van der Waals surface area (Å²) in [6.45, 7) is 2.95. The molecule has 18 heteroatoms. The van der Waals surface area contributed by atoms with Crippen molar-refractivity contribution >= 4 is 92.3 Å². The third-order valence-electron chi connectivity index (χ3n) is 10.8. The van der Waals surface area contributed by atoms with E-state index in [0.29, 0.717) is 91.6 Å². The lowest BCUT2D eigenvalue weighted by molar-refractivity contribution is 0.101. The number of halogens is 2. The number of piperidine rings is 1. The van der Waals surface area contributed by atoms with E-state index in [9.17, 15) is 23.4 Å². The lowest BCUT2D eigenvalue weighted by Gasteiger charge is -2.29. The van der Waals surface area contributed by atoms with Gasteiger partial charge >= 0.3 is 0 Å². The molecule has 2 aliphatic heterocycles. The summed E-state index contributed by atoms with van der Waals surface area (Å²) in [6, 6.07) is 33.6. The topological polar surface area (TPSA) is 213 Å². The highest BCUT2D eigenvalue weighted by Crippen LogP contribution is 2.22. The van der Waals surface area contributed by atoms with Gasteiger partial charge in [-0.15, -0.1) is 0 Å². The standard InChI is InChI=1S/C25H24ClN5O2.C24H22ClN5O3S/c26-19-12-13-22(28-16-19)30-25(33)20-6-2-3-7-21(20)29-24(32)18-10-8-17(9-11-18)23(27)31-14-4-1-5-15-31;25-18-9-10-21(27-15-18)29-24(32)19-3-1-2-4-20(19)28-23(31)17-7-5-16(6-8-17)22(26)30-11-13-34(33)14-12-30/h2-3,6-13,16,27H,1,4-5,14-15H2,(H,29,32)(H,28,30,33);1-10,15,26H,11-14H2,(H,28,31)(H,27,29,32). The van der Waals surface area contributed by atoms with Crippen molar-refractivity contribution in [2.75, 3.05) is 59.0 Å². The normalized spacial score (nSPS) is 13.6. The number of carbonyl (C=O) groups excluding carboxylic acids is 4. The lowest BCUT2D eigenvalue weighted by Crippen LogP contribution is -2.41. The summed E-state index contributed by atoms with van der Waals surface area (Å²) in [5.41, 5.74) is 3.64. The fourth-order valence-electron chi connectivity index (χ4n) is 7.14. The second-order valence-corrected chi connectivity index (χ2v) is 17.9. The Morgan fingerprint density at radius 3 is 1.27 bits per heavy atom. The second-order valence-electron chi connectivity index (χ2n) is 15.4. The molecule has 0 unspecified atom stereocenters. The van der Waals surface area contributed by atoms with Gasteiger partial charge in [-0.1, -0.05) is 71.7 Å². The van der Waals surface area contributed by atoms with Crippen LogP contribution in [-0.2, 0) is 10.8 Å². The van der Waals surface area contributed by atoms with Crippen molar-refractivity contribution in [3.8, 4) is 0 Å². The van der Waals surface area contributed by atoms with Crippen molar-refractivity contribution in [1.29, 1.82) is 10.8 Å². The molecule has 15 nitrogen and oxygen atoms in total. The van der Waals surface area contributed by atoms with Gasteiger partial charge in [0.1, 0.15) is 23.3 Å². The van der Waals surface area contributed by atoms with Gasteiger partial charge in [0, 0.05) is 83.1 Å². The fourth-order valence-corrected chi connectivity index (χ4v) is 8.41. The molecule has 2 aliphatic rings. The van der Waals surface area contributed by atoms with Gasteiger partial charge < -0.3 is 31.1 Å². The summed E-state index contributed by atoms with van der Waals surface area (Å²) >= 11 is 11.7. The van der Waals surface area contributed by atoms with E-state index in [-0.39, 0.29) is 17.4 Å². The molecular weight excluding hydrogens is 912 g/mol. The molecule has 0 radical (unpaired) electrons. The molecule has 342 valence electrons. The van der Waals surface area contributed by atoms with Crippen molar-refractivity contribution in [2.24, 2.45) is 0 Å². The Hall–Kier alpha value is -7.27. The number of hydrogen-bond donors (Lipinski definition) is 6. The first-order chi connectivity index (χ1) is 32.4. The molecule has 0 spiro atoms. The number of benzene rings is 4. The molecule has 2 aromatic heterocycles. The molecule has 0 bridgehead atoms. The third kappa shape index (κ3) is 13.0. The van der Waals surface area contributed by atoms with Crippen LogP contribution in [-0.4, -0.2) is 97.0 Å². The van der Waals surface area contributed by atoms with Gasteiger partial charge in [0.15, 0.2) is 0 Å². The quantitative estimate of drug-likeness (QED) is 0.0572. The van der Waals surface area contributed by atoms with Gasteiger partial charge in [-0.2, -0.15) is 0 Å². The minimum Gasteiger partial charge on any atom is -0.357 e. The SMILES string of the molecule is N=C(c1ccc(C(=O)Nc2ccccc2C(=O)Nc2ccc(Cl)cn2)cc1)N1CCCCC1.N=C(c1ccc(C(=O)Nc2ccccc2C(=O)Nc2ccc(Cl)cn2)cc1)N1CCS(=O)CC1. The van der Waals surface area contributed by atoms with Gasteiger partial charge in [-0.25, -0.2) is 9.97 Å². The number of pyridine rings is 2. The van der Waals surface area contributed by atoms with Gasteiger partial charge in [0.05, 0.1) is 32.5 Å². The van der Waals surface area contributed by atoms with Gasteiger partial charge in [0.2, 0.25) is 0 Å². The van der Waals surface area contributed by atoms with Crippen molar-refractivity contribution in [3.05, 3.63) is 177 Å². The first-order valence-electron chi connectivity index (χ1n) is 21.3. The Balaban J connectivity index is 0.000000199. The number of amidine groups is 2. The van der Waals surface area contributed by atoms with E-state index in [1.54, 1.807) is 121 Å². The smallest absolute Gasteiger partial charge is 0.258 e. The molecule has 0 atom stereocenters. The van der Waals surface area contributed by atoms with E-state index in [1.807, 2.05) is 4.90 Å². The highest BCUT2D eigenvalue weighted by Gasteiger charge is 2.21. The highest BCUT2D eigenvalue weighted by atomic mass is 35.5. The summed E-state index contributed by atoms with van der Waals surface area (Å²) in [6.07, 6.45) is 6.28. The van der Waals surface area contributed by atoms with Crippen LogP contribution < -0.4 is 21.3 Å². The van der Waals surface area contributed by atoms with Crippen LogP contribution in [0.5, 0.6) is 0 Å². The lowest BCUT2D eigenvalue weighted by atomic mass is 10.1. The highest BCUT2D eigenvalue weighted by molar-refractivity contribution is 7.85. The molecule has 8 rings (SSSR count). The van der Waals surface area contributed by atoms with E-state index in [2.05, 4.69) is 36.1 Å². The van der Waals surface area contributed by atoms with Crippen LogP contribution in [0.1, 0.15) is 71.8 Å². The van der Waals surface area contributed by atoms with Gasteiger partial charge in [-0.05, 0) is 92.1 Å². The molecule has 0 saturated carbocycles. The summed E-state index contributed by atoms with van der Waals surface area (Å²) < 4.78 is 11.5. The number of likely N-dealkylation sites (tertiary alicyclic amines) is 1. The predicted octanol–water partition coefficient (Wildman–Crippen LogP) is 8.68. The first-order valence-corrected chi connectivity index (χ1v) is 23.6. The van der Waals surface area contributed by atoms with E-state index in [4.69, 9.17) is 34.0 Å². The zero-order chi connectivity index (χ0) is 47.3. The van der Waals surface area contributed by atoms with Crippen LogP contribution in [0.15, 0.2) is 134 Å². The maximum Gasteiger partial charge on any atom is 0.258 e. The van der Waals surface area contributed by atoms with Crippen LogP contribution in [0.4, 0.5) is 23.0 Å². The number of aromatic nitrogens is 2. The maximum atomic E-state index is 12.8. The van der Waals surface area contributed by atoms with E-state index in [0.717, 1.165) is 31.5 Å². The molecule has 0 aliphatic carbocycles. The van der Waals surface area contributed by atoms with Crippen LogP contribution in [0.3, 0.4) is 0 Å². The molecule has 67 heavy (non-hydrogen) atoms. The van der Waals surface area contributed by atoms with Crippen LogP contribution in [0.2, 0.25) is 10.0 Å². The van der Waals surface area contributed by atoms with Gasteiger partial charge in [-0.3, -0.25) is 34.2 Å². The Bertz CT molecular complexity index is 2780. The zero-order valence-electron chi connectivity index (χ0n) is 36.1. The molecule has 4 aromatic carbocycles. The monoisotopic (exact) mass is 956 g/mol. The van der Waals surface area contributed by atoms with E-state index < -0.39 is 22.6 Å². The third-order valence-corrected chi connectivity index (χ3v) is 12.5. The molecule has 6 aromatic rings. The minimum atomic E-state index is -0.810. The zero-order valence-corrected chi connectivity index (χ0v) is 38.4. The molecule has 4 heterocycles. The average molecular weight is 958 g/mol. The molecule has 2 fully saturated rings. The maximum absolute atomic E-state index is 12.8. The number of para-hydroxylation sites is 2. The van der Waals surface area contributed by atoms with Crippen LogP contribution in [0.25, 0.3) is 0 Å². The average Bonchev–Trinajstić information content (AvgIpc) is 3.36. The predicted molar refractivity (Wildman–Crippen MR) is 265 cm³/mol. The van der Waals surface area contributed by atoms with Gasteiger partial charge in [0.25, 0.3) is 23.6 Å². The van der Waals surface area contributed by atoms with E-state index >= 15 is 0 Å². The largest absolute Gasteiger partial charge is 0.357 e. The first kappa shape index (κ1) is 47.7. The number of carbonyl (C=O) groups is 4.